The van der Waals surface area contributed by atoms with E-state index in [1.807, 2.05) is 45.0 Å². The fourth-order valence-corrected chi connectivity index (χ4v) is 2.24. The molecule has 0 spiro atoms. The Kier molecular flexibility index (Phi) is 6.07. The van der Waals surface area contributed by atoms with Crippen LogP contribution < -0.4 is 10.6 Å². The quantitative estimate of drug-likeness (QED) is 0.855. The number of pyridine rings is 1. The Labute approximate surface area is 142 Å². The van der Waals surface area contributed by atoms with Crippen LogP contribution in [0.15, 0.2) is 42.6 Å². The maximum Gasteiger partial charge on any atom is 0.270 e. The summed E-state index contributed by atoms with van der Waals surface area (Å²) in [6, 6.07) is 10.9. The Morgan fingerprint density at radius 2 is 1.88 bits per heavy atom. The third-order valence-electron chi connectivity index (χ3n) is 3.89. The standard InChI is InChI=1S/C19H23N3O2/c1-4-13(3)21-19(24)17-12-15(10-11-20-17)18(23)22-16-9-7-6-8-14(16)5-2/h6-13H,4-5H2,1-3H3,(H,21,24)(H,22,23). The molecule has 0 aliphatic carbocycles. The molecule has 2 aromatic rings. The van der Waals surface area contributed by atoms with E-state index in [0.29, 0.717) is 5.56 Å². The average molecular weight is 325 g/mol. The molecule has 0 saturated heterocycles. The van der Waals surface area contributed by atoms with E-state index in [0.717, 1.165) is 24.1 Å². The molecule has 1 unspecified atom stereocenters. The van der Waals surface area contributed by atoms with Crippen LogP contribution in [0.2, 0.25) is 0 Å². The first kappa shape index (κ1) is 17.7. The van der Waals surface area contributed by atoms with Crippen molar-refractivity contribution in [2.24, 2.45) is 0 Å². The van der Waals surface area contributed by atoms with Crippen molar-refractivity contribution in [3.05, 3.63) is 59.4 Å². The van der Waals surface area contributed by atoms with Crippen molar-refractivity contribution in [1.29, 1.82) is 0 Å². The van der Waals surface area contributed by atoms with Gasteiger partial charge in [-0.2, -0.15) is 0 Å². The summed E-state index contributed by atoms with van der Waals surface area (Å²) < 4.78 is 0. The summed E-state index contributed by atoms with van der Waals surface area (Å²) in [4.78, 5) is 28.7. The minimum atomic E-state index is -0.270. The lowest BCUT2D eigenvalue weighted by Crippen LogP contribution is -2.32. The molecule has 5 nitrogen and oxygen atoms in total. The number of aryl methyl sites for hydroxylation is 1. The third-order valence-corrected chi connectivity index (χ3v) is 3.89. The molecule has 0 saturated carbocycles. The predicted molar refractivity (Wildman–Crippen MR) is 95.2 cm³/mol. The number of hydrogen-bond donors (Lipinski definition) is 2. The number of aromatic nitrogens is 1. The molecule has 0 aliphatic rings. The maximum atomic E-state index is 12.5. The number of para-hydroxylation sites is 1. The normalized spacial score (nSPS) is 11.6. The Morgan fingerprint density at radius 1 is 1.12 bits per heavy atom. The van der Waals surface area contributed by atoms with Crippen LogP contribution in [0.5, 0.6) is 0 Å². The van der Waals surface area contributed by atoms with Crippen molar-refractivity contribution in [2.45, 2.75) is 39.7 Å². The van der Waals surface area contributed by atoms with E-state index in [1.54, 1.807) is 6.07 Å². The molecule has 1 aromatic carbocycles. The van der Waals surface area contributed by atoms with Crippen molar-refractivity contribution in [3.8, 4) is 0 Å². The van der Waals surface area contributed by atoms with Crippen LogP contribution in [0.25, 0.3) is 0 Å². The van der Waals surface area contributed by atoms with Gasteiger partial charge >= 0.3 is 0 Å². The Balaban J connectivity index is 2.16. The fourth-order valence-electron chi connectivity index (χ4n) is 2.24. The highest BCUT2D eigenvalue weighted by atomic mass is 16.2. The van der Waals surface area contributed by atoms with E-state index in [4.69, 9.17) is 0 Å². The summed E-state index contributed by atoms with van der Waals surface area (Å²) in [6.45, 7) is 5.96. The molecule has 0 fully saturated rings. The fraction of sp³-hybridized carbons (Fsp3) is 0.316. The molecule has 1 atom stereocenters. The molecular formula is C19H23N3O2. The minimum Gasteiger partial charge on any atom is -0.348 e. The zero-order valence-corrected chi connectivity index (χ0v) is 14.3. The van der Waals surface area contributed by atoms with E-state index in [9.17, 15) is 9.59 Å². The van der Waals surface area contributed by atoms with Gasteiger partial charge in [-0.1, -0.05) is 32.0 Å². The molecule has 2 N–H and O–H groups in total. The largest absolute Gasteiger partial charge is 0.348 e. The van der Waals surface area contributed by atoms with Crippen LogP contribution in [0.3, 0.4) is 0 Å². The third kappa shape index (κ3) is 4.41. The highest BCUT2D eigenvalue weighted by Crippen LogP contribution is 2.16. The van der Waals surface area contributed by atoms with Crippen LogP contribution in [0.4, 0.5) is 5.69 Å². The number of rotatable bonds is 6. The number of benzene rings is 1. The number of nitrogens with one attached hydrogen (secondary N) is 2. The Hall–Kier alpha value is -2.69. The number of hydrogen-bond acceptors (Lipinski definition) is 3. The lowest BCUT2D eigenvalue weighted by Gasteiger charge is -2.12. The highest BCUT2D eigenvalue weighted by molar-refractivity contribution is 6.06. The van der Waals surface area contributed by atoms with Gasteiger partial charge < -0.3 is 10.6 Å². The van der Waals surface area contributed by atoms with Crippen LogP contribution in [0.1, 0.15) is 53.6 Å². The summed E-state index contributed by atoms with van der Waals surface area (Å²) >= 11 is 0. The Bertz CT molecular complexity index is 728. The first-order chi connectivity index (χ1) is 11.5. The highest BCUT2D eigenvalue weighted by Gasteiger charge is 2.14. The topological polar surface area (TPSA) is 71.1 Å². The summed E-state index contributed by atoms with van der Waals surface area (Å²) in [5.74, 6) is -0.524. The first-order valence-corrected chi connectivity index (χ1v) is 8.21. The van der Waals surface area contributed by atoms with Crippen LogP contribution >= 0.6 is 0 Å². The van der Waals surface area contributed by atoms with Gasteiger partial charge in [0, 0.05) is 23.5 Å². The van der Waals surface area contributed by atoms with Crippen molar-refractivity contribution < 1.29 is 9.59 Å². The number of carbonyl (C=O) groups excluding carboxylic acids is 2. The van der Waals surface area contributed by atoms with E-state index < -0.39 is 0 Å². The Morgan fingerprint density at radius 3 is 2.58 bits per heavy atom. The van der Waals surface area contributed by atoms with E-state index in [2.05, 4.69) is 15.6 Å². The van der Waals surface area contributed by atoms with Gasteiger partial charge in [-0.25, -0.2) is 0 Å². The van der Waals surface area contributed by atoms with Crippen LogP contribution in [0, 0.1) is 0 Å². The summed E-state index contributed by atoms with van der Waals surface area (Å²) in [5.41, 5.74) is 2.50. The zero-order chi connectivity index (χ0) is 17.5. The molecule has 0 aliphatic heterocycles. The second-order valence-electron chi connectivity index (χ2n) is 5.68. The van der Waals surface area contributed by atoms with E-state index in [-0.39, 0.29) is 23.6 Å². The van der Waals surface area contributed by atoms with Crippen molar-refractivity contribution >= 4 is 17.5 Å². The monoisotopic (exact) mass is 325 g/mol. The van der Waals surface area contributed by atoms with E-state index >= 15 is 0 Å². The molecule has 1 heterocycles. The van der Waals surface area contributed by atoms with Gasteiger partial charge in [0.25, 0.3) is 11.8 Å². The van der Waals surface area contributed by atoms with Crippen molar-refractivity contribution in [3.63, 3.8) is 0 Å². The van der Waals surface area contributed by atoms with Gasteiger partial charge in [0.05, 0.1) is 0 Å². The molecule has 126 valence electrons. The minimum absolute atomic E-state index is 0.0632. The summed E-state index contributed by atoms with van der Waals surface area (Å²) in [7, 11) is 0. The molecule has 5 heteroatoms. The van der Waals surface area contributed by atoms with Gasteiger partial charge in [0.15, 0.2) is 0 Å². The summed E-state index contributed by atoms with van der Waals surface area (Å²) in [5, 5.41) is 5.74. The van der Waals surface area contributed by atoms with Gasteiger partial charge in [-0.15, -0.1) is 0 Å². The van der Waals surface area contributed by atoms with Gasteiger partial charge in [0.1, 0.15) is 5.69 Å². The number of anilines is 1. The molecular weight excluding hydrogens is 302 g/mol. The lowest BCUT2D eigenvalue weighted by atomic mass is 10.1. The second kappa shape index (κ2) is 8.24. The first-order valence-electron chi connectivity index (χ1n) is 8.21. The number of nitrogens with zero attached hydrogens (tertiary/aromatic N) is 1. The molecule has 2 rings (SSSR count). The van der Waals surface area contributed by atoms with Crippen LogP contribution in [-0.2, 0) is 6.42 Å². The van der Waals surface area contributed by atoms with Crippen LogP contribution in [-0.4, -0.2) is 22.8 Å². The second-order valence-corrected chi connectivity index (χ2v) is 5.68. The van der Waals surface area contributed by atoms with Crippen molar-refractivity contribution in [2.75, 3.05) is 5.32 Å². The molecule has 0 bridgehead atoms. The summed E-state index contributed by atoms with van der Waals surface area (Å²) in [6.07, 6.45) is 3.14. The van der Waals surface area contributed by atoms with Gasteiger partial charge in [0.2, 0.25) is 0 Å². The SMILES string of the molecule is CCc1ccccc1NC(=O)c1ccnc(C(=O)NC(C)CC)c1. The average Bonchev–Trinajstić information content (AvgIpc) is 2.62. The van der Waals surface area contributed by atoms with Gasteiger partial charge in [-0.3, -0.25) is 14.6 Å². The molecule has 2 amide bonds. The zero-order valence-electron chi connectivity index (χ0n) is 14.3. The molecule has 24 heavy (non-hydrogen) atoms. The number of carbonyl (C=O) groups is 2. The lowest BCUT2D eigenvalue weighted by molar-refractivity contribution is 0.0934. The molecule has 0 radical (unpaired) electrons. The number of amides is 2. The smallest absolute Gasteiger partial charge is 0.270 e. The predicted octanol–water partition coefficient (Wildman–Crippen LogP) is 3.42. The molecule has 1 aromatic heterocycles. The van der Waals surface area contributed by atoms with Gasteiger partial charge in [-0.05, 0) is 43.5 Å². The maximum absolute atomic E-state index is 12.5. The van der Waals surface area contributed by atoms with E-state index in [1.165, 1.54) is 12.3 Å². The van der Waals surface area contributed by atoms with Crippen molar-refractivity contribution in [1.82, 2.24) is 10.3 Å².